The summed E-state index contributed by atoms with van der Waals surface area (Å²) in [7, 11) is 0. The number of halogens is 3. The van der Waals surface area contributed by atoms with Crippen molar-refractivity contribution < 1.29 is 9.72 Å². The van der Waals surface area contributed by atoms with Crippen LogP contribution in [0.5, 0.6) is 0 Å². The van der Waals surface area contributed by atoms with Crippen LogP contribution in [0.15, 0.2) is 30.5 Å². The van der Waals surface area contributed by atoms with E-state index in [4.69, 9.17) is 34.8 Å². The molecular formula is C16H13Cl3N6O3. The first-order chi connectivity index (χ1) is 13.3. The molecule has 0 aliphatic carbocycles. The van der Waals surface area contributed by atoms with E-state index in [0.717, 1.165) is 4.68 Å². The summed E-state index contributed by atoms with van der Waals surface area (Å²) in [6.45, 7) is 1.62. The molecule has 2 heterocycles. The average Bonchev–Trinajstić information content (AvgIpc) is 3.17. The van der Waals surface area contributed by atoms with Gasteiger partial charge in [0.1, 0.15) is 6.54 Å². The average molecular weight is 444 g/mol. The number of anilines is 1. The van der Waals surface area contributed by atoms with Crippen LogP contribution in [0, 0.1) is 17.0 Å². The third kappa shape index (κ3) is 4.27. The Bertz CT molecular complexity index is 1040. The van der Waals surface area contributed by atoms with Crippen LogP contribution in [0.3, 0.4) is 0 Å². The van der Waals surface area contributed by atoms with E-state index < -0.39 is 16.6 Å². The zero-order valence-corrected chi connectivity index (χ0v) is 16.7. The Kier molecular flexibility index (Phi) is 5.87. The zero-order chi connectivity index (χ0) is 20.4. The van der Waals surface area contributed by atoms with Gasteiger partial charge in [-0.1, -0.05) is 40.9 Å². The number of amides is 1. The number of hydrogen-bond acceptors (Lipinski definition) is 5. The van der Waals surface area contributed by atoms with Crippen molar-refractivity contribution in [1.29, 1.82) is 0 Å². The standard InChI is InChI=1S/C16H13Cl3N6O3/c1-9-15(19)16(25(27)28)22-24(9)8-14(26)20-13-5-6-23(21-13)7-10-11(17)3-2-4-12(10)18/h2-6H,7-8H2,1H3,(H,20,21,26). The van der Waals surface area contributed by atoms with Crippen LogP contribution in [0.25, 0.3) is 0 Å². The Balaban J connectivity index is 1.68. The third-order valence-electron chi connectivity index (χ3n) is 3.87. The lowest BCUT2D eigenvalue weighted by molar-refractivity contribution is -0.389. The van der Waals surface area contributed by atoms with E-state index in [1.165, 1.54) is 6.92 Å². The van der Waals surface area contributed by atoms with E-state index in [2.05, 4.69) is 15.5 Å². The Morgan fingerprint density at radius 1 is 1.21 bits per heavy atom. The Morgan fingerprint density at radius 2 is 1.89 bits per heavy atom. The first-order valence-corrected chi connectivity index (χ1v) is 9.03. The van der Waals surface area contributed by atoms with E-state index in [1.807, 2.05) is 0 Å². The number of nitrogens with one attached hydrogen (secondary N) is 1. The third-order valence-corrected chi connectivity index (χ3v) is 5.02. The summed E-state index contributed by atoms with van der Waals surface area (Å²) in [5, 5.41) is 22.4. The summed E-state index contributed by atoms with van der Waals surface area (Å²) in [4.78, 5) is 22.4. The summed E-state index contributed by atoms with van der Waals surface area (Å²) in [5.41, 5.74) is 1.03. The van der Waals surface area contributed by atoms with Crippen LogP contribution in [0.1, 0.15) is 11.3 Å². The van der Waals surface area contributed by atoms with Crippen LogP contribution in [0.2, 0.25) is 15.1 Å². The first-order valence-electron chi connectivity index (χ1n) is 7.89. The number of rotatable bonds is 6. The van der Waals surface area contributed by atoms with Crippen LogP contribution < -0.4 is 5.32 Å². The van der Waals surface area contributed by atoms with Crippen LogP contribution in [0.4, 0.5) is 11.6 Å². The van der Waals surface area contributed by atoms with E-state index in [0.29, 0.717) is 33.7 Å². The maximum atomic E-state index is 12.2. The lowest BCUT2D eigenvalue weighted by atomic mass is 10.2. The van der Waals surface area contributed by atoms with Crippen molar-refractivity contribution in [3.8, 4) is 0 Å². The molecular weight excluding hydrogens is 431 g/mol. The second-order valence-electron chi connectivity index (χ2n) is 5.78. The number of benzene rings is 1. The minimum absolute atomic E-state index is 0.0984. The van der Waals surface area contributed by atoms with Crippen molar-refractivity contribution in [2.45, 2.75) is 20.0 Å². The van der Waals surface area contributed by atoms with Crippen molar-refractivity contribution in [2.24, 2.45) is 0 Å². The molecule has 1 N–H and O–H groups in total. The largest absolute Gasteiger partial charge is 0.408 e. The highest BCUT2D eigenvalue weighted by atomic mass is 35.5. The lowest BCUT2D eigenvalue weighted by Gasteiger charge is -2.07. The minimum Gasteiger partial charge on any atom is -0.358 e. The Labute approximate surface area is 173 Å². The van der Waals surface area contributed by atoms with Gasteiger partial charge >= 0.3 is 5.82 Å². The van der Waals surface area contributed by atoms with Gasteiger partial charge in [-0.15, -0.1) is 0 Å². The normalized spacial score (nSPS) is 10.9. The SMILES string of the molecule is Cc1c(Cl)c([N+](=O)[O-])nn1CC(=O)Nc1ccn(Cc2c(Cl)cccc2Cl)n1. The van der Waals surface area contributed by atoms with E-state index in [1.54, 1.807) is 35.1 Å². The topological polar surface area (TPSA) is 108 Å². The molecule has 28 heavy (non-hydrogen) atoms. The van der Waals surface area contributed by atoms with Gasteiger partial charge in [-0.05, 0) is 24.0 Å². The van der Waals surface area contributed by atoms with Crippen molar-refractivity contribution in [2.75, 3.05) is 5.32 Å². The summed E-state index contributed by atoms with van der Waals surface area (Å²) >= 11 is 18.2. The zero-order valence-electron chi connectivity index (χ0n) is 14.4. The van der Waals surface area contributed by atoms with Gasteiger partial charge in [0.15, 0.2) is 10.8 Å². The molecule has 3 aromatic rings. The van der Waals surface area contributed by atoms with E-state index in [-0.39, 0.29) is 11.6 Å². The molecule has 0 unspecified atom stereocenters. The predicted molar refractivity (Wildman–Crippen MR) is 105 cm³/mol. The summed E-state index contributed by atoms with van der Waals surface area (Å²) in [6.07, 6.45) is 1.66. The Morgan fingerprint density at radius 3 is 2.50 bits per heavy atom. The molecule has 0 bridgehead atoms. The molecule has 2 aromatic heterocycles. The highest BCUT2D eigenvalue weighted by Crippen LogP contribution is 2.27. The quantitative estimate of drug-likeness (QED) is 0.458. The van der Waals surface area contributed by atoms with Gasteiger partial charge in [-0.3, -0.25) is 9.48 Å². The van der Waals surface area contributed by atoms with Gasteiger partial charge in [0.2, 0.25) is 5.91 Å². The molecule has 0 aliphatic rings. The van der Waals surface area contributed by atoms with Gasteiger partial charge in [0.25, 0.3) is 0 Å². The van der Waals surface area contributed by atoms with Gasteiger partial charge < -0.3 is 15.4 Å². The second-order valence-corrected chi connectivity index (χ2v) is 6.98. The maximum absolute atomic E-state index is 12.2. The number of nitrogens with zero attached hydrogens (tertiary/aromatic N) is 5. The number of hydrogen-bond donors (Lipinski definition) is 1. The number of carbonyl (C=O) groups is 1. The lowest BCUT2D eigenvalue weighted by Crippen LogP contribution is -2.20. The Hall–Kier alpha value is -2.62. The monoisotopic (exact) mass is 442 g/mol. The molecule has 0 saturated carbocycles. The molecule has 3 rings (SSSR count). The number of nitro groups is 1. The van der Waals surface area contributed by atoms with Crippen molar-refractivity contribution in [3.63, 3.8) is 0 Å². The van der Waals surface area contributed by atoms with Crippen LogP contribution >= 0.6 is 34.8 Å². The molecule has 0 fully saturated rings. The van der Waals surface area contributed by atoms with E-state index >= 15 is 0 Å². The fourth-order valence-electron chi connectivity index (χ4n) is 2.46. The number of aromatic nitrogens is 4. The molecule has 0 atom stereocenters. The molecule has 0 spiro atoms. The van der Waals surface area contributed by atoms with Crippen molar-refractivity contribution >= 4 is 52.3 Å². The van der Waals surface area contributed by atoms with E-state index in [9.17, 15) is 14.9 Å². The molecule has 146 valence electrons. The molecule has 9 nitrogen and oxygen atoms in total. The summed E-state index contributed by atoms with van der Waals surface area (Å²) in [5.74, 6) is -0.648. The predicted octanol–water partition coefficient (Wildman–Crippen LogP) is 3.94. The highest BCUT2D eigenvalue weighted by Gasteiger charge is 2.25. The molecule has 12 heteroatoms. The van der Waals surface area contributed by atoms with Crippen molar-refractivity contribution in [1.82, 2.24) is 19.6 Å². The first kappa shape index (κ1) is 20.1. The minimum atomic E-state index is -0.703. The molecule has 1 aromatic carbocycles. The smallest absolute Gasteiger partial charge is 0.358 e. The molecule has 0 radical (unpaired) electrons. The van der Waals surface area contributed by atoms with Gasteiger partial charge in [-0.2, -0.15) is 9.78 Å². The van der Waals surface area contributed by atoms with Gasteiger partial charge in [-0.25, -0.2) is 0 Å². The maximum Gasteiger partial charge on any atom is 0.408 e. The summed E-state index contributed by atoms with van der Waals surface area (Å²) in [6, 6.07) is 6.81. The second kappa shape index (κ2) is 8.17. The molecule has 1 amide bonds. The van der Waals surface area contributed by atoms with Crippen molar-refractivity contribution in [3.05, 3.63) is 66.9 Å². The summed E-state index contributed by atoms with van der Waals surface area (Å²) < 4.78 is 2.74. The number of carbonyl (C=O) groups excluding carboxylic acids is 1. The molecule has 0 saturated heterocycles. The highest BCUT2D eigenvalue weighted by molar-refractivity contribution is 6.36. The van der Waals surface area contributed by atoms with Crippen LogP contribution in [-0.2, 0) is 17.9 Å². The van der Waals surface area contributed by atoms with Gasteiger partial charge in [0, 0.05) is 27.9 Å². The van der Waals surface area contributed by atoms with Gasteiger partial charge in [0.05, 0.1) is 17.3 Å². The fraction of sp³-hybridized carbons (Fsp3) is 0.188. The van der Waals surface area contributed by atoms with Crippen LogP contribution in [-0.4, -0.2) is 30.4 Å². The molecule has 0 aliphatic heterocycles. The fourth-order valence-corrected chi connectivity index (χ4v) is 3.18.